The van der Waals surface area contributed by atoms with E-state index in [4.69, 9.17) is 21.2 Å². The molecule has 9 heteroatoms. The number of hydrogen-bond donors (Lipinski definition) is 2. The summed E-state index contributed by atoms with van der Waals surface area (Å²) in [6.45, 7) is 0.848. The fourth-order valence-corrected chi connectivity index (χ4v) is 4.04. The van der Waals surface area contributed by atoms with Gasteiger partial charge in [0.1, 0.15) is 12.9 Å². The normalized spacial score (nSPS) is 15.2. The Morgan fingerprint density at radius 3 is 2.28 bits per heavy atom. The molecule has 4 rings (SSSR count). The summed E-state index contributed by atoms with van der Waals surface area (Å²) >= 11 is 5.90. The van der Waals surface area contributed by atoms with Gasteiger partial charge in [0.05, 0.1) is 0 Å². The average Bonchev–Trinajstić information content (AvgIpc) is 2.90. The van der Waals surface area contributed by atoms with Gasteiger partial charge in [-0.1, -0.05) is 47.1 Å². The first kappa shape index (κ1) is 25.1. The van der Waals surface area contributed by atoms with E-state index >= 15 is 0 Å². The van der Waals surface area contributed by atoms with Gasteiger partial charge in [0.15, 0.2) is 0 Å². The van der Waals surface area contributed by atoms with Gasteiger partial charge in [-0.15, -0.1) is 0 Å². The third-order valence-electron chi connectivity index (χ3n) is 5.64. The van der Waals surface area contributed by atoms with Crippen LogP contribution in [0.2, 0.25) is 5.02 Å². The van der Waals surface area contributed by atoms with E-state index in [-0.39, 0.29) is 0 Å². The molecule has 0 spiro atoms. The molecule has 1 atom stereocenters. The van der Waals surface area contributed by atoms with Crippen LogP contribution >= 0.6 is 11.6 Å². The van der Waals surface area contributed by atoms with E-state index < -0.39 is 18.1 Å². The lowest BCUT2D eigenvalue weighted by Gasteiger charge is -2.29. The molecular weight excluding hydrogens is 480 g/mol. The Morgan fingerprint density at radius 2 is 1.58 bits per heavy atom. The molecule has 1 aliphatic rings. The Kier molecular flexibility index (Phi) is 8.41. The third kappa shape index (κ3) is 6.55. The molecule has 36 heavy (non-hydrogen) atoms. The first-order chi connectivity index (χ1) is 17.5. The number of oxime groups is 1. The minimum atomic E-state index is -1.15. The van der Waals surface area contributed by atoms with Crippen molar-refractivity contribution in [2.45, 2.75) is 25.4 Å². The number of ether oxygens (including phenoxy) is 1. The number of nitrogens with one attached hydrogen (secondary N) is 2. The number of hydrogen-bond acceptors (Lipinski definition) is 5. The second-order valence-corrected chi connectivity index (χ2v) is 8.60. The van der Waals surface area contributed by atoms with Crippen molar-refractivity contribution in [3.05, 3.63) is 89.4 Å². The van der Waals surface area contributed by atoms with Crippen LogP contribution in [0, 0.1) is 0 Å². The highest BCUT2D eigenvalue weighted by Gasteiger charge is 2.26. The summed E-state index contributed by atoms with van der Waals surface area (Å²) in [5, 5.41) is 10.2. The Morgan fingerprint density at radius 1 is 0.917 bits per heavy atom. The maximum Gasteiger partial charge on any atom is 0.412 e. The van der Waals surface area contributed by atoms with E-state index in [1.807, 2.05) is 30.3 Å². The predicted molar refractivity (Wildman–Crippen MR) is 141 cm³/mol. The van der Waals surface area contributed by atoms with Crippen LogP contribution in [-0.4, -0.2) is 31.5 Å². The number of amides is 2. The van der Waals surface area contributed by atoms with Gasteiger partial charge in [0.2, 0.25) is 6.10 Å². The van der Waals surface area contributed by atoms with Gasteiger partial charge >= 0.3 is 6.09 Å². The summed E-state index contributed by atoms with van der Waals surface area (Å²) in [7, 11) is 1.54. The van der Waals surface area contributed by atoms with Gasteiger partial charge in [-0.3, -0.25) is 10.1 Å². The molecule has 0 aromatic heterocycles. The number of carbonyl (C=O) groups is 2. The SMILES string of the molecule is CON=C1CCCCN1c1ccc(NC(=O)C(OC(=O)Nc2ccc(Cl)cc2)c2ccccc2)cc1. The van der Waals surface area contributed by atoms with Crippen molar-refractivity contribution >= 4 is 46.5 Å². The number of benzene rings is 3. The molecule has 1 fully saturated rings. The predicted octanol–water partition coefficient (Wildman–Crippen LogP) is 6.22. The van der Waals surface area contributed by atoms with E-state index in [2.05, 4.69) is 20.7 Å². The minimum Gasteiger partial charge on any atom is -0.431 e. The lowest BCUT2D eigenvalue weighted by Crippen LogP contribution is -2.35. The molecule has 0 bridgehead atoms. The Labute approximate surface area is 214 Å². The van der Waals surface area contributed by atoms with Crippen LogP contribution in [-0.2, 0) is 14.4 Å². The summed E-state index contributed by atoms with van der Waals surface area (Å²) < 4.78 is 5.53. The highest BCUT2D eigenvalue weighted by Crippen LogP contribution is 2.25. The monoisotopic (exact) mass is 506 g/mol. The number of rotatable bonds is 7. The summed E-state index contributed by atoms with van der Waals surface area (Å²) in [5.41, 5.74) is 2.59. The van der Waals surface area contributed by atoms with Crippen molar-refractivity contribution in [3.63, 3.8) is 0 Å². The molecule has 3 aromatic carbocycles. The number of nitrogens with zero attached hydrogens (tertiary/aromatic N) is 2. The van der Waals surface area contributed by atoms with Crippen LogP contribution in [0.4, 0.5) is 21.9 Å². The molecule has 0 saturated carbocycles. The number of piperidine rings is 1. The van der Waals surface area contributed by atoms with Gasteiger partial charge in [0, 0.05) is 40.6 Å². The van der Waals surface area contributed by atoms with Crippen LogP contribution < -0.4 is 15.5 Å². The van der Waals surface area contributed by atoms with Gasteiger partial charge in [0.25, 0.3) is 5.91 Å². The molecule has 1 saturated heterocycles. The summed E-state index contributed by atoms with van der Waals surface area (Å²) in [5.74, 6) is 0.407. The van der Waals surface area contributed by atoms with Gasteiger partial charge in [-0.05, 0) is 61.4 Å². The highest BCUT2D eigenvalue weighted by molar-refractivity contribution is 6.30. The van der Waals surface area contributed by atoms with Gasteiger partial charge in [-0.25, -0.2) is 4.79 Å². The van der Waals surface area contributed by atoms with Crippen molar-refractivity contribution in [1.29, 1.82) is 0 Å². The van der Waals surface area contributed by atoms with Crippen molar-refractivity contribution in [2.24, 2.45) is 5.16 Å². The molecule has 8 nitrogen and oxygen atoms in total. The van der Waals surface area contributed by atoms with E-state index in [1.165, 1.54) is 0 Å². The second-order valence-electron chi connectivity index (χ2n) is 8.16. The second kappa shape index (κ2) is 12.1. The zero-order valence-corrected chi connectivity index (χ0v) is 20.6. The maximum absolute atomic E-state index is 13.2. The van der Waals surface area contributed by atoms with Crippen molar-refractivity contribution in [2.75, 3.05) is 29.2 Å². The minimum absolute atomic E-state index is 0.472. The van der Waals surface area contributed by atoms with E-state index in [0.717, 1.165) is 37.3 Å². The first-order valence-corrected chi connectivity index (χ1v) is 12.0. The number of halogens is 1. The fourth-order valence-electron chi connectivity index (χ4n) is 3.92. The first-order valence-electron chi connectivity index (χ1n) is 11.6. The zero-order chi connectivity index (χ0) is 25.3. The Balaban J connectivity index is 1.46. The van der Waals surface area contributed by atoms with Crippen molar-refractivity contribution in [3.8, 4) is 0 Å². The maximum atomic E-state index is 13.2. The van der Waals surface area contributed by atoms with Crippen LogP contribution in [0.25, 0.3) is 0 Å². The highest BCUT2D eigenvalue weighted by atomic mass is 35.5. The van der Waals surface area contributed by atoms with Crippen LogP contribution in [0.3, 0.4) is 0 Å². The quantitative estimate of drug-likeness (QED) is 0.371. The topological polar surface area (TPSA) is 92.3 Å². The van der Waals surface area contributed by atoms with Crippen molar-refractivity contribution < 1.29 is 19.2 Å². The molecule has 1 aliphatic heterocycles. The molecular formula is C27H27ClN4O4. The summed E-state index contributed by atoms with van der Waals surface area (Å²) in [6, 6.07) is 22.9. The van der Waals surface area contributed by atoms with E-state index in [9.17, 15) is 9.59 Å². The zero-order valence-electron chi connectivity index (χ0n) is 19.8. The molecule has 186 valence electrons. The number of carbonyl (C=O) groups excluding carboxylic acids is 2. The standard InChI is InChI=1S/C27H27ClN4O4/c1-35-31-24-9-5-6-18-32(24)23-16-14-21(15-17-23)29-26(33)25(19-7-3-2-4-8-19)36-27(34)30-22-12-10-20(28)11-13-22/h2-4,7-8,10-17,25H,5-6,9,18H2,1H3,(H,29,33)(H,30,34). The molecule has 2 amide bonds. The Bertz CT molecular complexity index is 1200. The molecule has 0 radical (unpaired) electrons. The van der Waals surface area contributed by atoms with Crippen molar-refractivity contribution in [1.82, 2.24) is 0 Å². The summed E-state index contributed by atoms with van der Waals surface area (Å²) in [6.07, 6.45) is 1.07. The number of amidine groups is 1. The molecule has 1 heterocycles. The lowest BCUT2D eigenvalue weighted by molar-refractivity contribution is -0.124. The van der Waals surface area contributed by atoms with Crippen LogP contribution in [0.5, 0.6) is 0 Å². The number of anilines is 3. The van der Waals surface area contributed by atoms with E-state index in [1.54, 1.807) is 55.6 Å². The van der Waals surface area contributed by atoms with Crippen LogP contribution in [0.1, 0.15) is 30.9 Å². The van der Waals surface area contributed by atoms with Gasteiger partial charge in [-0.2, -0.15) is 0 Å². The molecule has 3 aromatic rings. The fraction of sp³-hybridized carbons (Fsp3) is 0.222. The largest absolute Gasteiger partial charge is 0.431 e. The Hall–Kier alpha value is -4.04. The molecule has 1 unspecified atom stereocenters. The average molecular weight is 507 g/mol. The lowest BCUT2D eigenvalue weighted by atomic mass is 10.1. The van der Waals surface area contributed by atoms with E-state index in [0.29, 0.717) is 22.0 Å². The smallest absolute Gasteiger partial charge is 0.412 e. The van der Waals surface area contributed by atoms with Gasteiger partial charge < -0.3 is 19.8 Å². The van der Waals surface area contributed by atoms with Crippen LogP contribution in [0.15, 0.2) is 84.0 Å². The molecule has 0 aliphatic carbocycles. The summed E-state index contributed by atoms with van der Waals surface area (Å²) in [4.78, 5) is 32.9. The third-order valence-corrected chi connectivity index (χ3v) is 5.89. The molecule has 2 N–H and O–H groups in total.